The molecule has 0 atom stereocenters. The summed E-state index contributed by atoms with van der Waals surface area (Å²) in [5.41, 5.74) is 13.6. The van der Waals surface area contributed by atoms with Crippen LogP contribution in [0.3, 0.4) is 0 Å². The van der Waals surface area contributed by atoms with Gasteiger partial charge in [-0.25, -0.2) is 0 Å². The molecule has 0 unspecified atom stereocenters. The molecule has 12 rings (SSSR count). The summed E-state index contributed by atoms with van der Waals surface area (Å²) in [4.78, 5) is 2.54. The Morgan fingerprint density at radius 1 is 0.500 bits per heavy atom. The lowest BCUT2D eigenvalue weighted by molar-refractivity contribution is -0.0399. The van der Waals surface area contributed by atoms with Gasteiger partial charge in [-0.1, -0.05) is 97.1 Å². The van der Waals surface area contributed by atoms with Crippen LogP contribution in [0.5, 0.6) is 0 Å². The molecular formula is C46H38N2. The zero-order valence-corrected chi connectivity index (χ0v) is 27.1. The van der Waals surface area contributed by atoms with E-state index in [0.717, 1.165) is 23.7 Å². The van der Waals surface area contributed by atoms with E-state index in [0.29, 0.717) is 0 Å². The van der Waals surface area contributed by atoms with Gasteiger partial charge in [0.05, 0.1) is 16.7 Å². The Labute approximate surface area is 282 Å². The van der Waals surface area contributed by atoms with E-state index in [4.69, 9.17) is 0 Å². The van der Waals surface area contributed by atoms with E-state index in [2.05, 4.69) is 155 Å². The number of benzene rings is 6. The maximum atomic E-state index is 2.54. The molecule has 5 aliphatic rings. The second-order valence-electron chi connectivity index (χ2n) is 15.0. The average Bonchev–Trinajstić information content (AvgIpc) is 3.62. The Morgan fingerprint density at radius 3 is 1.94 bits per heavy atom. The second-order valence-corrected chi connectivity index (χ2v) is 15.0. The predicted molar refractivity (Wildman–Crippen MR) is 199 cm³/mol. The molecule has 2 nitrogen and oxygen atoms in total. The predicted octanol–water partition coefficient (Wildman–Crippen LogP) is 12.0. The van der Waals surface area contributed by atoms with Gasteiger partial charge in [-0.3, -0.25) is 0 Å². The molecule has 0 radical (unpaired) electrons. The number of para-hydroxylation sites is 3. The summed E-state index contributed by atoms with van der Waals surface area (Å²) < 4.78 is 2.44. The third kappa shape index (κ3) is 3.53. The Bertz CT molecular complexity index is 2340. The van der Waals surface area contributed by atoms with Gasteiger partial charge in [0.15, 0.2) is 0 Å². The van der Waals surface area contributed by atoms with E-state index in [1.54, 1.807) is 11.1 Å². The Morgan fingerprint density at radius 2 is 1.15 bits per heavy atom. The van der Waals surface area contributed by atoms with Crippen molar-refractivity contribution >= 4 is 38.9 Å². The smallest absolute Gasteiger partial charge is 0.0561 e. The third-order valence-electron chi connectivity index (χ3n) is 12.7. The monoisotopic (exact) mass is 618 g/mol. The van der Waals surface area contributed by atoms with E-state index in [9.17, 15) is 0 Å². The average molecular weight is 619 g/mol. The van der Waals surface area contributed by atoms with Gasteiger partial charge in [0.1, 0.15) is 0 Å². The first kappa shape index (κ1) is 26.9. The van der Waals surface area contributed by atoms with E-state index in [1.165, 1.54) is 87.8 Å². The summed E-state index contributed by atoms with van der Waals surface area (Å²) in [5.74, 6) is 3.35. The first-order valence-electron chi connectivity index (χ1n) is 18.0. The van der Waals surface area contributed by atoms with Crippen molar-refractivity contribution in [1.29, 1.82) is 0 Å². The highest BCUT2D eigenvalue weighted by atomic mass is 15.1. The highest BCUT2D eigenvalue weighted by Crippen LogP contribution is 2.70. The number of anilines is 3. The van der Waals surface area contributed by atoms with E-state index in [-0.39, 0.29) is 5.41 Å². The van der Waals surface area contributed by atoms with Crippen molar-refractivity contribution in [2.24, 2.45) is 23.7 Å². The Balaban J connectivity index is 1.18. The molecule has 232 valence electrons. The molecule has 1 spiro atoms. The van der Waals surface area contributed by atoms with E-state index < -0.39 is 0 Å². The molecule has 6 aromatic carbocycles. The highest BCUT2D eigenvalue weighted by molar-refractivity contribution is 6.10. The number of rotatable bonds is 4. The SMILES string of the molecule is c1ccc(N(c2ccc3c4ccccc4n(-c4ccccc4)c3c2)c2cccc3c2-c2ccccc2C32C3CC4CC(C3)CC2C4)cc1. The van der Waals surface area contributed by atoms with Crippen molar-refractivity contribution in [2.45, 2.75) is 37.5 Å². The van der Waals surface area contributed by atoms with Gasteiger partial charge in [0.2, 0.25) is 0 Å². The zero-order chi connectivity index (χ0) is 31.4. The number of hydrogen-bond donors (Lipinski definition) is 0. The van der Waals surface area contributed by atoms with Crippen molar-refractivity contribution in [2.75, 3.05) is 4.90 Å². The minimum atomic E-state index is 0.140. The lowest BCUT2D eigenvalue weighted by Gasteiger charge is -2.61. The molecule has 5 aliphatic carbocycles. The van der Waals surface area contributed by atoms with Crippen molar-refractivity contribution in [1.82, 2.24) is 4.57 Å². The Kier molecular flexibility index (Phi) is 5.59. The van der Waals surface area contributed by atoms with Crippen LogP contribution < -0.4 is 4.90 Å². The summed E-state index contributed by atoms with van der Waals surface area (Å²) in [6.45, 7) is 0. The van der Waals surface area contributed by atoms with Crippen LogP contribution in [0.1, 0.15) is 43.2 Å². The lowest BCUT2D eigenvalue weighted by atomic mass is 9.43. The highest BCUT2D eigenvalue weighted by Gasteiger charge is 2.61. The summed E-state index contributed by atoms with van der Waals surface area (Å²) in [5, 5.41) is 2.56. The van der Waals surface area contributed by atoms with Crippen molar-refractivity contribution < 1.29 is 0 Å². The fourth-order valence-electron chi connectivity index (χ4n) is 11.3. The van der Waals surface area contributed by atoms with Crippen molar-refractivity contribution in [3.05, 3.63) is 157 Å². The van der Waals surface area contributed by atoms with Gasteiger partial charge in [-0.05, 0) is 121 Å². The largest absolute Gasteiger partial charge is 0.310 e. The van der Waals surface area contributed by atoms with Crippen LogP contribution in [0.4, 0.5) is 17.1 Å². The molecule has 0 aliphatic heterocycles. The summed E-state index contributed by atoms with van der Waals surface area (Å²) >= 11 is 0. The standard InChI is InChI=1S/C46H38N2/c1-3-12-34(13-4-1)47(36-22-23-38-37-16-8-10-20-42(37)48(44(38)29-36)35-14-5-2-6-15-35)43-21-11-19-41-45(43)39-17-7-9-18-40(39)46(41)32-25-30-24-31(27-32)28-33(46)26-30/h1-23,29-33H,24-28H2. The fourth-order valence-corrected chi connectivity index (χ4v) is 11.3. The molecule has 0 N–H and O–H groups in total. The molecule has 4 saturated carbocycles. The van der Waals surface area contributed by atoms with Gasteiger partial charge >= 0.3 is 0 Å². The molecule has 7 aromatic rings. The van der Waals surface area contributed by atoms with Crippen molar-refractivity contribution in [3.8, 4) is 16.8 Å². The van der Waals surface area contributed by atoms with Gasteiger partial charge in [-0.2, -0.15) is 0 Å². The van der Waals surface area contributed by atoms with Crippen LogP contribution in [0.2, 0.25) is 0 Å². The zero-order valence-electron chi connectivity index (χ0n) is 27.1. The summed E-state index contributed by atoms with van der Waals surface area (Å²) in [7, 11) is 0. The quantitative estimate of drug-likeness (QED) is 0.190. The summed E-state index contributed by atoms with van der Waals surface area (Å²) in [6, 6.07) is 54.6. The Hall–Kier alpha value is -5.08. The maximum absolute atomic E-state index is 2.54. The van der Waals surface area contributed by atoms with E-state index in [1.807, 2.05) is 0 Å². The molecule has 0 saturated heterocycles. The molecule has 48 heavy (non-hydrogen) atoms. The molecule has 0 amide bonds. The minimum absolute atomic E-state index is 0.140. The number of aromatic nitrogens is 1. The van der Waals surface area contributed by atoms with Crippen molar-refractivity contribution in [3.63, 3.8) is 0 Å². The first-order valence-corrected chi connectivity index (χ1v) is 18.0. The number of fused-ring (bicyclic) bond motifs is 6. The molecule has 2 heteroatoms. The van der Waals surface area contributed by atoms with Crippen LogP contribution >= 0.6 is 0 Å². The van der Waals surface area contributed by atoms with Crippen LogP contribution in [0, 0.1) is 23.7 Å². The fraction of sp³-hybridized carbons (Fsp3) is 0.217. The van der Waals surface area contributed by atoms with Crippen LogP contribution in [-0.2, 0) is 5.41 Å². The topological polar surface area (TPSA) is 8.17 Å². The third-order valence-corrected chi connectivity index (χ3v) is 12.7. The normalized spacial score (nSPS) is 24.8. The second kappa shape index (κ2) is 9.97. The molecule has 1 heterocycles. The van der Waals surface area contributed by atoms with Gasteiger partial charge in [-0.15, -0.1) is 0 Å². The first-order chi connectivity index (χ1) is 23.8. The van der Waals surface area contributed by atoms with Gasteiger partial charge < -0.3 is 9.47 Å². The maximum Gasteiger partial charge on any atom is 0.0561 e. The molecular weight excluding hydrogens is 581 g/mol. The van der Waals surface area contributed by atoms with Crippen LogP contribution in [0.25, 0.3) is 38.6 Å². The minimum Gasteiger partial charge on any atom is -0.310 e. The van der Waals surface area contributed by atoms with Crippen LogP contribution in [-0.4, -0.2) is 4.57 Å². The molecule has 4 bridgehead atoms. The van der Waals surface area contributed by atoms with Crippen LogP contribution in [0.15, 0.2) is 146 Å². The number of nitrogens with zero attached hydrogens (tertiary/aromatic N) is 2. The number of hydrogen-bond acceptors (Lipinski definition) is 1. The van der Waals surface area contributed by atoms with E-state index >= 15 is 0 Å². The lowest BCUT2D eigenvalue weighted by Crippen LogP contribution is -2.55. The van der Waals surface area contributed by atoms with Gasteiger partial charge in [0, 0.05) is 38.8 Å². The molecule has 4 fully saturated rings. The molecule has 1 aromatic heterocycles. The van der Waals surface area contributed by atoms with Gasteiger partial charge in [0.25, 0.3) is 0 Å². The summed E-state index contributed by atoms with van der Waals surface area (Å²) in [6.07, 6.45) is 7.06.